The zero-order chi connectivity index (χ0) is 15.5. The van der Waals surface area contributed by atoms with Crippen molar-refractivity contribution in [3.8, 4) is 0 Å². The van der Waals surface area contributed by atoms with Crippen molar-refractivity contribution in [2.75, 3.05) is 0 Å². The maximum Gasteiger partial charge on any atom is 0.305 e. The quantitative estimate of drug-likeness (QED) is 0.825. The maximum absolute atomic E-state index is 12.4. The van der Waals surface area contributed by atoms with Gasteiger partial charge in [-0.15, -0.1) is 0 Å². The van der Waals surface area contributed by atoms with Crippen LogP contribution in [0.5, 0.6) is 0 Å². The Kier molecular flexibility index (Phi) is 4.67. The fourth-order valence-corrected chi connectivity index (χ4v) is 4.05. The van der Waals surface area contributed by atoms with Gasteiger partial charge in [0.15, 0.2) is 0 Å². The van der Waals surface area contributed by atoms with Gasteiger partial charge in [0.25, 0.3) is 0 Å². The highest BCUT2D eigenvalue weighted by atomic mass is 32.2. The number of nitrogens with one attached hydrogen (secondary N) is 1. The minimum absolute atomic E-state index is 0.0830. The van der Waals surface area contributed by atoms with E-state index in [0.29, 0.717) is 0 Å². The van der Waals surface area contributed by atoms with Gasteiger partial charge in [-0.25, -0.2) is 13.1 Å². The first-order chi connectivity index (χ1) is 9.81. The van der Waals surface area contributed by atoms with Gasteiger partial charge >= 0.3 is 5.97 Å². The van der Waals surface area contributed by atoms with Crippen LogP contribution in [-0.2, 0) is 21.4 Å². The molecule has 0 aliphatic heterocycles. The fraction of sp³-hybridized carbons (Fsp3) is 0.692. The van der Waals surface area contributed by atoms with E-state index >= 15 is 0 Å². The Balaban J connectivity index is 2.07. The molecule has 0 bridgehead atoms. The summed E-state index contributed by atoms with van der Waals surface area (Å²) in [7, 11) is -3.62. The molecule has 0 saturated heterocycles. The molecule has 0 unspecified atom stereocenters. The Labute approximate surface area is 124 Å². The fourth-order valence-electron chi connectivity index (χ4n) is 2.63. The molecule has 21 heavy (non-hydrogen) atoms. The Morgan fingerprint density at radius 1 is 1.43 bits per heavy atom. The number of aliphatic carboxylic acids is 1. The summed E-state index contributed by atoms with van der Waals surface area (Å²) in [5, 5.41) is 12.5. The van der Waals surface area contributed by atoms with E-state index in [2.05, 4.69) is 9.82 Å². The number of rotatable bonds is 6. The molecule has 1 fully saturated rings. The highest BCUT2D eigenvalue weighted by molar-refractivity contribution is 7.89. The monoisotopic (exact) mass is 315 g/mol. The number of carboxylic acids is 1. The van der Waals surface area contributed by atoms with Crippen LogP contribution in [0.2, 0.25) is 0 Å². The SMILES string of the molecule is CC1(NS(=O)(=O)c2cnn(CCC(=O)O)c2)CCCCC1. The van der Waals surface area contributed by atoms with Gasteiger partial charge in [-0.05, 0) is 19.8 Å². The Bertz CT molecular complexity index is 603. The van der Waals surface area contributed by atoms with E-state index in [9.17, 15) is 13.2 Å². The smallest absolute Gasteiger partial charge is 0.305 e. The van der Waals surface area contributed by atoms with Crippen molar-refractivity contribution in [2.45, 2.75) is 62.4 Å². The second-order valence-corrected chi connectivity index (χ2v) is 7.49. The van der Waals surface area contributed by atoms with Crippen molar-refractivity contribution < 1.29 is 18.3 Å². The van der Waals surface area contributed by atoms with Crippen LogP contribution < -0.4 is 4.72 Å². The van der Waals surface area contributed by atoms with Crippen LogP contribution in [0.3, 0.4) is 0 Å². The molecule has 8 heteroatoms. The third-order valence-electron chi connectivity index (χ3n) is 3.81. The average molecular weight is 315 g/mol. The zero-order valence-electron chi connectivity index (χ0n) is 12.1. The van der Waals surface area contributed by atoms with Crippen LogP contribution in [-0.4, -0.2) is 34.8 Å². The molecular weight excluding hydrogens is 294 g/mol. The number of hydrogen-bond acceptors (Lipinski definition) is 4. The molecule has 1 aromatic rings. The minimum atomic E-state index is -3.62. The lowest BCUT2D eigenvalue weighted by Crippen LogP contribution is -2.46. The van der Waals surface area contributed by atoms with Gasteiger partial charge in [-0.2, -0.15) is 5.10 Å². The van der Waals surface area contributed by atoms with Crippen molar-refractivity contribution in [3.63, 3.8) is 0 Å². The van der Waals surface area contributed by atoms with Crippen molar-refractivity contribution in [1.29, 1.82) is 0 Å². The molecule has 1 aromatic heterocycles. The molecule has 2 N–H and O–H groups in total. The summed E-state index contributed by atoms with van der Waals surface area (Å²) in [6.45, 7) is 2.08. The first kappa shape index (κ1) is 16.0. The Morgan fingerprint density at radius 2 is 2.10 bits per heavy atom. The van der Waals surface area contributed by atoms with Gasteiger partial charge in [0.1, 0.15) is 4.90 Å². The molecule has 1 aliphatic carbocycles. The van der Waals surface area contributed by atoms with Crippen LogP contribution >= 0.6 is 0 Å². The molecule has 0 atom stereocenters. The first-order valence-electron chi connectivity index (χ1n) is 7.09. The van der Waals surface area contributed by atoms with Crippen LogP contribution in [0.15, 0.2) is 17.3 Å². The van der Waals surface area contributed by atoms with Gasteiger partial charge in [0, 0.05) is 11.7 Å². The van der Waals surface area contributed by atoms with Crippen LogP contribution in [0.25, 0.3) is 0 Å². The number of carboxylic acid groups (broad SMARTS) is 1. The van der Waals surface area contributed by atoms with E-state index in [4.69, 9.17) is 5.11 Å². The highest BCUT2D eigenvalue weighted by Gasteiger charge is 2.32. The molecule has 2 rings (SSSR count). The Morgan fingerprint density at radius 3 is 2.71 bits per heavy atom. The van der Waals surface area contributed by atoms with Gasteiger partial charge in [0.05, 0.1) is 19.2 Å². The maximum atomic E-state index is 12.4. The van der Waals surface area contributed by atoms with Crippen molar-refractivity contribution in [2.24, 2.45) is 0 Å². The van der Waals surface area contributed by atoms with E-state index in [1.807, 2.05) is 6.92 Å². The number of aryl methyl sites for hydroxylation is 1. The van der Waals surface area contributed by atoms with Crippen LogP contribution in [0, 0.1) is 0 Å². The van der Waals surface area contributed by atoms with Crippen LogP contribution in [0.4, 0.5) is 0 Å². The number of sulfonamides is 1. The summed E-state index contributed by atoms with van der Waals surface area (Å²) in [5.74, 6) is -0.942. The number of carbonyl (C=O) groups is 1. The summed E-state index contributed by atoms with van der Waals surface area (Å²) >= 11 is 0. The van der Waals surface area contributed by atoms with Gasteiger partial charge in [-0.1, -0.05) is 19.3 Å². The molecule has 118 valence electrons. The summed E-state index contributed by atoms with van der Waals surface area (Å²) in [6, 6.07) is 0. The van der Waals surface area contributed by atoms with Gasteiger partial charge < -0.3 is 5.11 Å². The largest absolute Gasteiger partial charge is 0.481 e. The third kappa shape index (κ3) is 4.28. The lowest BCUT2D eigenvalue weighted by Gasteiger charge is -2.33. The topological polar surface area (TPSA) is 101 Å². The predicted octanol–water partition coefficient (Wildman–Crippen LogP) is 1.36. The lowest BCUT2D eigenvalue weighted by molar-refractivity contribution is -0.137. The molecule has 0 spiro atoms. The van der Waals surface area contributed by atoms with E-state index < -0.39 is 21.5 Å². The first-order valence-corrected chi connectivity index (χ1v) is 8.57. The molecule has 0 radical (unpaired) electrons. The minimum Gasteiger partial charge on any atom is -0.481 e. The normalized spacial score (nSPS) is 18.5. The molecule has 0 aromatic carbocycles. The summed E-state index contributed by atoms with van der Waals surface area (Å²) in [6.07, 6.45) is 7.40. The molecule has 0 amide bonds. The number of nitrogens with zero attached hydrogens (tertiary/aromatic N) is 2. The third-order valence-corrected chi connectivity index (χ3v) is 5.41. The standard InChI is InChI=1S/C13H21N3O4S/c1-13(6-3-2-4-7-13)15-21(19,20)11-9-14-16(10-11)8-5-12(17)18/h9-10,15H,2-8H2,1H3,(H,17,18). The Hall–Kier alpha value is -1.41. The van der Waals surface area contributed by atoms with Gasteiger partial charge in [-0.3, -0.25) is 9.48 Å². The van der Waals surface area contributed by atoms with Crippen molar-refractivity contribution in [3.05, 3.63) is 12.4 Å². The number of aromatic nitrogens is 2. The molecular formula is C13H21N3O4S. The molecule has 7 nitrogen and oxygen atoms in total. The predicted molar refractivity (Wildman–Crippen MR) is 76.3 cm³/mol. The zero-order valence-corrected chi connectivity index (χ0v) is 12.9. The summed E-state index contributed by atoms with van der Waals surface area (Å²) < 4.78 is 28.9. The van der Waals surface area contributed by atoms with Crippen molar-refractivity contribution in [1.82, 2.24) is 14.5 Å². The molecule has 1 aliphatic rings. The van der Waals surface area contributed by atoms with E-state index in [0.717, 1.165) is 32.1 Å². The lowest BCUT2D eigenvalue weighted by atomic mass is 9.84. The van der Waals surface area contributed by atoms with E-state index in [1.54, 1.807) is 0 Å². The van der Waals surface area contributed by atoms with Gasteiger partial charge in [0.2, 0.25) is 10.0 Å². The summed E-state index contributed by atoms with van der Waals surface area (Å²) in [4.78, 5) is 10.6. The highest BCUT2D eigenvalue weighted by Crippen LogP contribution is 2.29. The second kappa shape index (κ2) is 6.15. The van der Waals surface area contributed by atoms with Crippen molar-refractivity contribution >= 4 is 16.0 Å². The summed E-state index contributed by atoms with van der Waals surface area (Å²) in [5.41, 5.74) is -0.403. The van der Waals surface area contributed by atoms with Crippen LogP contribution in [0.1, 0.15) is 45.4 Å². The average Bonchev–Trinajstić information content (AvgIpc) is 2.85. The number of hydrogen-bond donors (Lipinski definition) is 2. The molecule has 1 heterocycles. The molecule has 1 saturated carbocycles. The van der Waals surface area contributed by atoms with E-state index in [1.165, 1.54) is 17.1 Å². The second-order valence-electron chi connectivity index (χ2n) is 5.81. The van der Waals surface area contributed by atoms with E-state index in [-0.39, 0.29) is 17.9 Å².